The van der Waals surface area contributed by atoms with Crippen molar-refractivity contribution < 1.29 is 32.9 Å². The Morgan fingerprint density at radius 1 is 0.800 bits per heavy atom. The average molecular weight is 549 g/mol. The lowest BCUT2D eigenvalue weighted by Gasteiger charge is -2.08. The van der Waals surface area contributed by atoms with E-state index in [2.05, 4.69) is 23.7 Å². The third kappa shape index (κ3) is 9.98. The van der Waals surface area contributed by atoms with Crippen molar-refractivity contribution in [1.82, 2.24) is 0 Å². The van der Waals surface area contributed by atoms with Gasteiger partial charge in [0.05, 0.1) is 23.5 Å². The van der Waals surface area contributed by atoms with E-state index in [1.165, 1.54) is 18.6 Å². The van der Waals surface area contributed by atoms with E-state index in [1.54, 1.807) is 55.5 Å². The smallest absolute Gasteiger partial charge is 0.343 e. The topological polar surface area (TPSA) is 95.8 Å². The molecule has 0 unspecified atom stereocenters. The molecule has 8 nitrogen and oxygen atoms in total. The van der Waals surface area contributed by atoms with Gasteiger partial charge in [0, 0.05) is 11.6 Å². The van der Waals surface area contributed by atoms with E-state index >= 15 is 0 Å². The predicted octanol–water partition coefficient (Wildman–Crippen LogP) is 7.92. The van der Waals surface area contributed by atoms with Crippen molar-refractivity contribution in [3.05, 3.63) is 90.3 Å². The monoisotopic (exact) mass is 548 g/mol. The van der Waals surface area contributed by atoms with Crippen LogP contribution in [0.2, 0.25) is 0 Å². The highest BCUT2D eigenvalue weighted by Crippen LogP contribution is 2.26. The molecule has 9 heteroatoms. The fourth-order valence-corrected chi connectivity index (χ4v) is 3.34. The molecule has 0 fully saturated rings. The van der Waals surface area contributed by atoms with E-state index in [4.69, 9.17) is 18.9 Å². The number of hydrogen-bond acceptors (Lipinski definition) is 8. The van der Waals surface area contributed by atoms with Crippen LogP contribution in [0.1, 0.15) is 49.9 Å². The molecule has 0 spiro atoms. The Hall–Kier alpha value is -4.53. The van der Waals surface area contributed by atoms with Gasteiger partial charge in [0.25, 0.3) is 0 Å². The highest BCUT2D eigenvalue weighted by Gasteiger charge is 2.13. The van der Waals surface area contributed by atoms with Gasteiger partial charge in [0.15, 0.2) is 11.6 Å². The van der Waals surface area contributed by atoms with Gasteiger partial charge < -0.3 is 18.9 Å². The number of ether oxygens (including phenoxy) is 4. The molecule has 0 aliphatic rings. The van der Waals surface area contributed by atoms with E-state index in [-0.39, 0.29) is 30.2 Å². The number of halogens is 1. The normalized spacial score (nSPS) is 10.8. The molecule has 0 amide bonds. The van der Waals surface area contributed by atoms with Crippen LogP contribution in [0.3, 0.4) is 0 Å². The van der Waals surface area contributed by atoms with Crippen molar-refractivity contribution in [1.29, 1.82) is 0 Å². The van der Waals surface area contributed by atoms with Crippen LogP contribution in [0.15, 0.2) is 89.1 Å². The van der Waals surface area contributed by atoms with Crippen LogP contribution in [0.5, 0.6) is 17.2 Å². The van der Waals surface area contributed by atoms with Gasteiger partial charge in [-0.3, -0.25) is 0 Å². The molecule has 0 N–H and O–H groups in total. The molecule has 3 aromatic carbocycles. The van der Waals surface area contributed by atoms with E-state index < -0.39 is 17.8 Å². The molecule has 0 radical (unpaired) electrons. The minimum Gasteiger partial charge on any atom is -0.494 e. The maximum absolute atomic E-state index is 14.6. The van der Waals surface area contributed by atoms with Crippen molar-refractivity contribution in [2.45, 2.75) is 39.5 Å². The number of hydrogen-bond donors (Lipinski definition) is 0. The van der Waals surface area contributed by atoms with Gasteiger partial charge in [-0.05, 0) is 74.0 Å². The fourth-order valence-electron chi connectivity index (χ4n) is 3.34. The summed E-state index contributed by atoms with van der Waals surface area (Å²) in [5.74, 6) is -0.877. The lowest BCUT2D eigenvalue weighted by Crippen LogP contribution is -2.12. The third-order valence-electron chi connectivity index (χ3n) is 5.53. The summed E-state index contributed by atoms with van der Waals surface area (Å²) in [6.07, 6.45) is 4.44. The summed E-state index contributed by atoms with van der Waals surface area (Å²) in [5, 5.41) is 8.12. The molecular weight excluding hydrogens is 515 g/mol. The zero-order valence-corrected chi connectivity index (χ0v) is 22.7. The summed E-state index contributed by atoms with van der Waals surface area (Å²) in [7, 11) is 0. The molecule has 3 aromatic rings. The van der Waals surface area contributed by atoms with Gasteiger partial charge in [-0.1, -0.05) is 32.8 Å². The van der Waals surface area contributed by atoms with Crippen LogP contribution < -0.4 is 14.2 Å². The lowest BCUT2D eigenvalue weighted by atomic mass is 10.2. The quantitative estimate of drug-likeness (QED) is 0.0629. The van der Waals surface area contributed by atoms with E-state index in [9.17, 15) is 14.0 Å². The molecule has 0 aliphatic heterocycles. The molecule has 3 rings (SSSR count). The van der Waals surface area contributed by atoms with Crippen LogP contribution in [0.4, 0.5) is 15.8 Å². The highest BCUT2D eigenvalue weighted by atomic mass is 19.1. The van der Waals surface area contributed by atoms with Crippen LogP contribution in [0, 0.1) is 5.82 Å². The molecular formula is C31H33FN2O6. The second kappa shape index (κ2) is 15.8. The Bertz CT molecular complexity index is 1310. The molecule has 0 heterocycles. The summed E-state index contributed by atoms with van der Waals surface area (Å²) in [6.45, 7) is 8.14. The highest BCUT2D eigenvalue weighted by molar-refractivity contribution is 5.91. The lowest BCUT2D eigenvalue weighted by molar-refractivity contribution is -0.139. The largest absolute Gasteiger partial charge is 0.494 e. The number of carbonyl (C=O) groups is 2. The Morgan fingerprint density at radius 3 is 2.08 bits per heavy atom. The van der Waals surface area contributed by atoms with Crippen molar-refractivity contribution in [2.75, 3.05) is 19.8 Å². The minimum atomic E-state index is -0.743. The molecule has 0 bridgehead atoms. The number of unbranched alkanes of at least 4 members (excludes halogenated alkanes) is 3. The van der Waals surface area contributed by atoms with E-state index in [1.807, 2.05) is 0 Å². The van der Waals surface area contributed by atoms with Crippen LogP contribution in [-0.2, 0) is 9.53 Å². The Labute approximate surface area is 233 Å². The fraction of sp³-hybridized carbons (Fsp3) is 0.290. The molecule has 40 heavy (non-hydrogen) atoms. The van der Waals surface area contributed by atoms with E-state index in [0.29, 0.717) is 29.4 Å². The summed E-state index contributed by atoms with van der Waals surface area (Å²) >= 11 is 0. The SMILES string of the molecule is C=C(C)C(=O)OCCOc1ccc(/N=N/c2ccc(OC(=O)c3ccc(OCCCCCC)cc3)c(F)c2)cc1. The molecule has 0 atom stereocenters. The van der Waals surface area contributed by atoms with Crippen molar-refractivity contribution >= 4 is 23.3 Å². The molecule has 0 aromatic heterocycles. The first kappa shape index (κ1) is 30.0. The van der Waals surface area contributed by atoms with Gasteiger partial charge in [0.2, 0.25) is 0 Å². The number of carbonyl (C=O) groups excluding carboxylic acids is 2. The van der Waals surface area contributed by atoms with Gasteiger partial charge >= 0.3 is 11.9 Å². The Morgan fingerprint density at radius 2 is 1.43 bits per heavy atom. The average Bonchev–Trinajstić information content (AvgIpc) is 2.96. The summed E-state index contributed by atoms with van der Waals surface area (Å²) < 4.78 is 36.0. The van der Waals surface area contributed by atoms with Gasteiger partial charge in [-0.25, -0.2) is 14.0 Å². The van der Waals surface area contributed by atoms with Crippen LogP contribution in [0.25, 0.3) is 0 Å². The minimum absolute atomic E-state index is 0.102. The zero-order valence-electron chi connectivity index (χ0n) is 22.7. The van der Waals surface area contributed by atoms with E-state index in [0.717, 1.165) is 25.3 Å². The second-order valence-electron chi connectivity index (χ2n) is 8.90. The summed E-state index contributed by atoms with van der Waals surface area (Å²) in [4.78, 5) is 23.8. The molecule has 0 saturated carbocycles. The van der Waals surface area contributed by atoms with Crippen LogP contribution in [-0.4, -0.2) is 31.8 Å². The predicted molar refractivity (Wildman–Crippen MR) is 149 cm³/mol. The molecule has 0 saturated heterocycles. The number of azo groups is 1. The number of nitrogens with zero attached hydrogens (tertiary/aromatic N) is 2. The number of benzene rings is 3. The molecule has 0 aliphatic carbocycles. The molecule has 210 valence electrons. The first-order valence-electron chi connectivity index (χ1n) is 13.1. The zero-order chi connectivity index (χ0) is 28.7. The van der Waals surface area contributed by atoms with Crippen molar-refractivity contribution in [2.24, 2.45) is 10.2 Å². The Kier molecular flexibility index (Phi) is 11.8. The first-order chi connectivity index (χ1) is 19.4. The van der Waals surface area contributed by atoms with Gasteiger partial charge in [0.1, 0.15) is 24.7 Å². The Balaban J connectivity index is 1.48. The second-order valence-corrected chi connectivity index (χ2v) is 8.90. The first-order valence-corrected chi connectivity index (χ1v) is 13.1. The van der Waals surface area contributed by atoms with Gasteiger partial charge in [-0.2, -0.15) is 10.2 Å². The van der Waals surface area contributed by atoms with Crippen molar-refractivity contribution in [3.63, 3.8) is 0 Å². The maximum atomic E-state index is 14.6. The summed E-state index contributed by atoms with van der Waals surface area (Å²) in [5.41, 5.74) is 1.37. The number of esters is 2. The van der Waals surface area contributed by atoms with Crippen molar-refractivity contribution in [3.8, 4) is 17.2 Å². The number of rotatable bonds is 15. The maximum Gasteiger partial charge on any atom is 0.343 e. The summed E-state index contributed by atoms with van der Waals surface area (Å²) in [6, 6.07) is 17.2. The van der Waals surface area contributed by atoms with Gasteiger partial charge in [-0.15, -0.1) is 0 Å². The van der Waals surface area contributed by atoms with Crippen LogP contribution >= 0.6 is 0 Å². The standard InChI is InChI=1S/C31H33FN2O6/c1-4-5-6-7-18-37-26-13-8-23(9-14-26)31(36)40-29-17-12-25(21-28(29)32)34-33-24-10-15-27(16-11-24)38-19-20-39-30(35)22(2)3/h8-17,21H,2,4-7,18-20H2,1,3H3/b34-33+. The third-order valence-corrected chi connectivity index (χ3v) is 5.53.